The van der Waals surface area contributed by atoms with Gasteiger partial charge in [-0.2, -0.15) is 0 Å². The van der Waals surface area contributed by atoms with Crippen LogP contribution >= 0.6 is 0 Å². The van der Waals surface area contributed by atoms with Crippen molar-refractivity contribution in [1.29, 1.82) is 0 Å². The fourth-order valence-electron chi connectivity index (χ4n) is 15.2. The first-order valence-corrected chi connectivity index (χ1v) is 59.7. The Morgan fingerprint density at radius 3 is 0.352 bits per heavy atom. The van der Waals surface area contributed by atoms with Gasteiger partial charge < -0.3 is 57.6 Å². The molecular formula is C96H80O14Si12. The smallest absolute Gasteiger partial charge is 0.404 e. The highest BCUT2D eigenvalue weighted by atomic mass is 28.6. The quantitative estimate of drug-likeness (QED) is 0.0539. The molecule has 16 aromatic carbocycles. The van der Waals surface area contributed by atoms with Gasteiger partial charge in [-0.1, -0.05) is 485 Å². The highest BCUT2D eigenvalue weighted by molar-refractivity contribution is 7.12. The number of fused-ring (bicyclic) bond motifs is 4. The molecule has 20 rings (SSSR count). The fourth-order valence-corrected chi connectivity index (χ4v) is 71.8. The maximum absolute atomic E-state index is 9.48. The van der Waals surface area contributed by atoms with Crippen LogP contribution in [0.5, 0.6) is 0 Å². The molecule has 4 bridgehead atoms. The van der Waals surface area contributed by atoms with E-state index in [0.717, 1.165) is 41.5 Å². The lowest BCUT2D eigenvalue weighted by molar-refractivity contribution is 0.0501. The van der Waals surface area contributed by atoms with Gasteiger partial charge in [0.1, 0.15) is 0 Å². The van der Waals surface area contributed by atoms with Crippen LogP contribution in [0, 0.1) is 0 Å². The molecule has 4 fully saturated rings. The van der Waals surface area contributed by atoms with E-state index in [1.165, 1.54) is 0 Å². The van der Waals surface area contributed by atoms with E-state index < -0.39 is 107 Å². The second-order valence-corrected chi connectivity index (χ2v) is 61.3. The lowest BCUT2D eigenvalue weighted by Crippen LogP contribution is -2.91. The number of hydrogen-bond donors (Lipinski definition) is 0. The van der Waals surface area contributed by atoms with Gasteiger partial charge in [0.25, 0.3) is 36.2 Å². The second-order valence-electron chi connectivity index (χ2n) is 29.1. The first-order chi connectivity index (χ1) is 60.2. The maximum Gasteiger partial charge on any atom is 0.515 e. The molecule has 16 aromatic rings. The minimum Gasteiger partial charge on any atom is -0.404 e. The van der Waals surface area contributed by atoms with Crippen LogP contribution in [0.15, 0.2) is 485 Å². The molecule has 0 unspecified atom stereocenters. The van der Waals surface area contributed by atoms with Crippen molar-refractivity contribution < 1.29 is 57.6 Å². The van der Waals surface area contributed by atoms with E-state index in [2.05, 4.69) is 97.1 Å². The summed E-state index contributed by atoms with van der Waals surface area (Å²) >= 11 is 0. The number of rotatable bonds is 24. The molecule has 122 heavy (non-hydrogen) atoms. The largest absolute Gasteiger partial charge is 0.515 e. The number of benzene rings is 16. The minimum absolute atomic E-state index is 0.414. The molecule has 14 nitrogen and oxygen atoms in total. The van der Waals surface area contributed by atoms with Gasteiger partial charge in [-0.3, -0.25) is 0 Å². The molecule has 4 heterocycles. The first kappa shape index (κ1) is 81.2. The maximum atomic E-state index is 9.48. The normalized spacial score (nSPS) is 23.4. The molecule has 4 radical (unpaired) electrons. The lowest BCUT2D eigenvalue weighted by atomic mass is 10.4. The van der Waals surface area contributed by atoms with Crippen molar-refractivity contribution in [3.05, 3.63) is 485 Å². The van der Waals surface area contributed by atoms with Crippen LogP contribution in [0.25, 0.3) is 0 Å². The summed E-state index contributed by atoms with van der Waals surface area (Å²) in [4.78, 5) is 0. The lowest BCUT2D eigenvalue weighted by Gasteiger charge is -2.57. The van der Waals surface area contributed by atoms with Gasteiger partial charge in [0, 0.05) is 41.5 Å². The van der Waals surface area contributed by atoms with Crippen LogP contribution in [0.1, 0.15) is 0 Å². The molecule has 0 amide bonds. The zero-order chi connectivity index (χ0) is 82.0. The Morgan fingerprint density at radius 2 is 0.230 bits per heavy atom. The monoisotopic (exact) mass is 1790 g/mol. The highest BCUT2D eigenvalue weighted by Crippen LogP contribution is 2.44. The average Bonchev–Trinajstić information content (AvgIpc) is 0.684. The summed E-state index contributed by atoms with van der Waals surface area (Å²) in [6, 6.07) is 161. The second kappa shape index (κ2) is 36.2. The third kappa shape index (κ3) is 16.8. The molecule has 26 heteroatoms. The summed E-state index contributed by atoms with van der Waals surface area (Å²) in [5, 5.41) is 10.6. The predicted molar refractivity (Wildman–Crippen MR) is 501 cm³/mol. The standard InChI is InChI=1S/C96H80O14Si12/c1-17-49-81(50-18-1)111(82-51-19-2-20-52-82)97-115(89-65-33-9-34-66-89)101-119(93-73-41-13-42-74-93)103-116(90-67-35-10-36-68-90,98-112(83-53-21-3-22-54-83)84-55-23-4-24-56-84)104-120(102-115,94-75-43-14-44-76-94)110-122(96-79-47-16-48-80-96)106-117(91-69-37-11-38-70-91,99-113(85-57-25-5-26-58-85)86-59-27-6-28-60-86)105-121(109-119,95-77-45-15-46-78-95)107-118(108-122,92-71-39-12-40-72-92)100-114(87-61-29-7-30-62-87)88-63-31-8-32-64-88/h1-80H. The van der Waals surface area contributed by atoms with Gasteiger partial charge in [0.2, 0.25) is 0 Å². The molecule has 4 aliphatic rings. The van der Waals surface area contributed by atoms with Crippen LogP contribution in [0.2, 0.25) is 0 Å². The van der Waals surface area contributed by atoms with E-state index in [9.17, 15) is 41.2 Å². The fraction of sp³-hybridized carbons (Fsp3) is 0. The molecule has 4 saturated heterocycles. The Labute approximate surface area is 726 Å². The van der Waals surface area contributed by atoms with Crippen LogP contribution in [-0.2, 0) is 57.6 Å². The Kier molecular flexibility index (Phi) is 24.1. The summed E-state index contributed by atoms with van der Waals surface area (Å²) in [5.41, 5.74) is 0. The Morgan fingerprint density at radius 1 is 0.123 bits per heavy atom. The van der Waals surface area contributed by atoms with Gasteiger partial charge in [0.05, 0.1) is 0 Å². The zero-order valence-electron chi connectivity index (χ0n) is 65.9. The molecule has 0 N–H and O–H groups in total. The Hall–Kier alpha value is -10.4. The average molecular weight is 1790 g/mol. The van der Waals surface area contributed by atoms with Gasteiger partial charge in [-0.25, -0.2) is 0 Å². The van der Waals surface area contributed by atoms with Crippen LogP contribution in [0.3, 0.4) is 0 Å². The summed E-state index contributed by atoms with van der Waals surface area (Å²) in [7, 11) is -55.6. The molecule has 0 saturated carbocycles. The van der Waals surface area contributed by atoms with Gasteiger partial charge in [-0.05, 0) is 41.5 Å². The van der Waals surface area contributed by atoms with Crippen molar-refractivity contribution in [2.75, 3.05) is 0 Å². The molecule has 596 valence electrons. The van der Waals surface area contributed by atoms with E-state index in [4.69, 9.17) is 16.5 Å². The molecule has 0 atom stereocenters. The minimum atomic E-state index is -5.80. The molecular weight excluding hydrogens is 1710 g/mol. The highest BCUT2D eigenvalue weighted by Gasteiger charge is 2.81. The Bertz CT molecular complexity index is 5110. The van der Waals surface area contributed by atoms with Crippen molar-refractivity contribution in [2.24, 2.45) is 0 Å². The van der Waals surface area contributed by atoms with E-state index in [1.54, 1.807) is 0 Å². The third-order valence-electron chi connectivity index (χ3n) is 20.9. The predicted octanol–water partition coefficient (Wildman–Crippen LogP) is 8.25. The van der Waals surface area contributed by atoms with Crippen LogP contribution in [-0.4, -0.2) is 107 Å². The van der Waals surface area contributed by atoms with E-state index in [0.29, 0.717) is 41.5 Å². The first-order valence-electron chi connectivity index (χ1n) is 40.3. The third-order valence-corrected chi connectivity index (χ3v) is 65.2. The molecule has 0 aliphatic carbocycles. The van der Waals surface area contributed by atoms with Crippen LogP contribution < -0.4 is 83.0 Å². The SMILES string of the molecule is c1ccc([Si](O[Si]2(c3ccccc3)O[Si]3(c4ccccc4)O[Si](O[Si](c4ccccc4)c4ccccc4)(c4ccccc4)O[Si](c4ccccc4)(O2)O[Si]2(c4ccccc4)O[Si](O[Si](c4ccccc4)c4ccccc4)(c4ccccc4)O[Si](c4ccccc4)(O[Si](O[Si](c4ccccc4)c4ccccc4)(c4ccccc4)O2)O3)c2ccccc2)cc1. The zero-order valence-corrected chi connectivity index (χ0v) is 77.9. The van der Waals surface area contributed by atoms with Crippen molar-refractivity contribution in [2.45, 2.75) is 0 Å². The summed E-state index contributed by atoms with van der Waals surface area (Å²) in [6.07, 6.45) is 0. The van der Waals surface area contributed by atoms with Crippen molar-refractivity contribution in [1.82, 2.24) is 0 Å². The molecule has 0 spiro atoms. The molecule has 4 aliphatic heterocycles. The Balaban J connectivity index is 1.05. The van der Waals surface area contributed by atoms with Gasteiger partial charge >= 0.3 is 70.4 Å². The van der Waals surface area contributed by atoms with E-state index >= 15 is 0 Å². The summed E-state index contributed by atoms with van der Waals surface area (Å²) < 4.78 is 129. The van der Waals surface area contributed by atoms with E-state index in [1.807, 2.05) is 388 Å². The van der Waals surface area contributed by atoms with Crippen molar-refractivity contribution in [3.8, 4) is 0 Å². The van der Waals surface area contributed by atoms with Crippen LogP contribution in [0.4, 0.5) is 0 Å². The van der Waals surface area contributed by atoms with Crippen molar-refractivity contribution in [3.63, 3.8) is 0 Å². The van der Waals surface area contributed by atoms with Gasteiger partial charge in [-0.15, -0.1) is 0 Å². The topological polar surface area (TPSA) is 129 Å². The van der Waals surface area contributed by atoms with E-state index in [-0.39, 0.29) is 0 Å². The number of hydrogen-bond acceptors (Lipinski definition) is 14. The summed E-state index contributed by atoms with van der Waals surface area (Å²) in [5.74, 6) is 0. The van der Waals surface area contributed by atoms with Crippen molar-refractivity contribution >= 4 is 190 Å². The molecule has 0 aromatic heterocycles. The summed E-state index contributed by atoms with van der Waals surface area (Å²) in [6.45, 7) is 0. The van der Waals surface area contributed by atoms with Gasteiger partial charge in [0.15, 0.2) is 0 Å².